The lowest BCUT2D eigenvalue weighted by Gasteiger charge is -2.36. The molecular weight excluding hydrogens is 390 g/mol. The number of carbonyl (C=O) groups excluding carboxylic acids is 2. The van der Waals surface area contributed by atoms with Crippen LogP contribution < -0.4 is 16.4 Å². The molecule has 0 bridgehead atoms. The van der Waals surface area contributed by atoms with Crippen LogP contribution in [0, 0.1) is 0 Å². The molecule has 9 heteroatoms. The Morgan fingerprint density at radius 3 is 2.48 bits per heavy atom. The standard InChI is InChI=1S/C20H31N5O3S/c1-5-6-12-11-13(23-18-14(12)15(21)16(29-18)17(22)26)24-7-9-25(10-8-24)19(27)28-20(2,3)4/h11,15-16H,5-10,21H2,1-4H3,(H2,22,26). The summed E-state index contributed by atoms with van der Waals surface area (Å²) in [6, 6.07) is 1.66. The highest BCUT2D eigenvalue weighted by atomic mass is 32.2. The van der Waals surface area contributed by atoms with E-state index in [-0.39, 0.29) is 6.09 Å². The molecule has 2 unspecified atom stereocenters. The van der Waals surface area contributed by atoms with Gasteiger partial charge in [0.25, 0.3) is 0 Å². The maximum absolute atomic E-state index is 12.3. The number of ether oxygens (including phenoxy) is 1. The van der Waals surface area contributed by atoms with Crippen LogP contribution in [0.2, 0.25) is 0 Å². The molecule has 2 atom stereocenters. The van der Waals surface area contributed by atoms with Crippen molar-refractivity contribution in [3.63, 3.8) is 0 Å². The van der Waals surface area contributed by atoms with Gasteiger partial charge in [0.2, 0.25) is 5.91 Å². The minimum Gasteiger partial charge on any atom is -0.444 e. The number of nitrogens with zero attached hydrogens (tertiary/aromatic N) is 3. The minimum atomic E-state index is -0.502. The second kappa shape index (κ2) is 8.39. The molecule has 1 aromatic heterocycles. The lowest BCUT2D eigenvalue weighted by molar-refractivity contribution is -0.117. The number of anilines is 1. The highest BCUT2D eigenvalue weighted by molar-refractivity contribution is 8.01. The zero-order chi connectivity index (χ0) is 21.3. The molecule has 0 aliphatic carbocycles. The van der Waals surface area contributed by atoms with Crippen molar-refractivity contribution in [2.24, 2.45) is 11.5 Å². The van der Waals surface area contributed by atoms with Gasteiger partial charge in [0.05, 0.1) is 6.04 Å². The number of hydrogen-bond donors (Lipinski definition) is 2. The number of carbonyl (C=O) groups is 2. The molecule has 4 N–H and O–H groups in total. The van der Waals surface area contributed by atoms with E-state index in [1.807, 2.05) is 20.8 Å². The van der Waals surface area contributed by atoms with E-state index >= 15 is 0 Å². The highest BCUT2D eigenvalue weighted by Gasteiger charge is 2.38. The maximum Gasteiger partial charge on any atom is 0.410 e. The molecule has 8 nitrogen and oxygen atoms in total. The first-order chi connectivity index (χ1) is 13.6. The summed E-state index contributed by atoms with van der Waals surface area (Å²) in [5.74, 6) is 0.455. The van der Waals surface area contributed by atoms with Crippen LogP contribution in [0.15, 0.2) is 11.1 Å². The topological polar surface area (TPSA) is 115 Å². The van der Waals surface area contributed by atoms with E-state index in [0.717, 1.165) is 34.8 Å². The molecule has 0 spiro atoms. The zero-order valence-electron chi connectivity index (χ0n) is 17.6. The number of hydrogen-bond acceptors (Lipinski definition) is 7. The molecule has 2 amide bonds. The van der Waals surface area contributed by atoms with Crippen molar-refractivity contribution in [1.29, 1.82) is 0 Å². The molecule has 2 aliphatic heterocycles. The van der Waals surface area contributed by atoms with Crippen LogP contribution >= 0.6 is 11.8 Å². The molecule has 160 valence electrons. The number of nitrogens with two attached hydrogens (primary N) is 2. The lowest BCUT2D eigenvalue weighted by atomic mass is 9.97. The molecule has 0 saturated carbocycles. The van der Waals surface area contributed by atoms with Gasteiger partial charge in [-0.05, 0) is 38.8 Å². The Morgan fingerprint density at radius 2 is 1.93 bits per heavy atom. The summed E-state index contributed by atoms with van der Waals surface area (Å²) < 4.78 is 5.47. The molecule has 29 heavy (non-hydrogen) atoms. The van der Waals surface area contributed by atoms with Crippen molar-refractivity contribution < 1.29 is 14.3 Å². The predicted molar refractivity (Wildman–Crippen MR) is 114 cm³/mol. The van der Waals surface area contributed by atoms with Crippen LogP contribution in [0.4, 0.5) is 10.6 Å². The summed E-state index contributed by atoms with van der Waals surface area (Å²) in [7, 11) is 0. The Hall–Kier alpha value is -2.00. The number of thioether (sulfide) groups is 1. The molecule has 0 aromatic carbocycles. The summed E-state index contributed by atoms with van der Waals surface area (Å²) in [4.78, 5) is 32.8. The van der Waals surface area contributed by atoms with E-state index < -0.39 is 22.8 Å². The van der Waals surface area contributed by atoms with Gasteiger partial charge < -0.3 is 26.0 Å². The smallest absolute Gasteiger partial charge is 0.410 e. The van der Waals surface area contributed by atoms with Crippen molar-refractivity contribution >= 4 is 29.6 Å². The number of rotatable bonds is 4. The fourth-order valence-corrected chi connectivity index (χ4v) is 4.86. The number of amides is 2. The van der Waals surface area contributed by atoms with E-state index in [4.69, 9.17) is 21.2 Å². The normalized spacial score (nSPS) is 21.8. The number of aromatic nitrogens is 1. The second-order valence-corrected chi connectivity index (χ2v) is 9.66. The van der Waals surface area contributed by atoms with Crippen molar-refractivity contribution in [1.82, 2.24) is 9.88 Å². The van der Waals surface area contributed by atoms with E-state index in [1.165, 1.54) is 11.8 Å². The fourth-order valence-electron chi connectivity index (χ4n) is 3.68. The van der Waals surface area contributed by atoms with Crippen molar-refractivity contribution in [2.75, 3.05) is 31.1 Å². The van der Waals surface area contributed by atoms with Gasteiger partial charge in [-0.25, -0.2) is 9.78 Å². The largest absolute Gasteiger partial charge is 0.444 e. The molecule has 3 rings (SSSR count). The summed E-state index contributed by atoms with van der Waals surface area (Å²) in [6.07, 6.45) is 1.56. The number of fused-ring (bicyclic) bond motifs is 1. The number of aryl methyl sites for hydroxylation is 1. The highest BCUT2D eigenvalue weighted by Crippen LogP contribution is 2.44. The first kappa shape index (κ1) is 21.7. The monoisotopic (exact) mass is 421 g/mol. The molecular formula is C20H31N5O3S. The number of piperazine rings is 1. The van der Waals surface area contributed by atoms with Gasteiger partial charge in [-0.2, -0.15) is 0 Å². The minimum absolute atomic E-state index is 0.281. The molecule has 2 aliphatic rings. The van der Waals surface area contributed by atoms with Crippen LogP contribution in [0.5, 0.6) is 0 Å². The third-order valence-corrected chi connectivity index (χ3v) is 6.36. The van der Waals surface area contributed by atoms with Gasteiger partial charge in [0.15, 0.2) is 0 Å². The summed E-state index contributed by atoms with van der Waals surface area (Å²) in [5.41, 5.74) is 13.4. The van der Waals surface area contributed by atoms with Gasteiger partial charge in [-0.15, -0.1) is 0 Å². The van der Waals surface area contributed by atoms with Crippen LogP contribution in [0.1, 0.15) is 51.3 Å². The predicted octanol–water partition coefficient (Wildman–Crippen LogP) is 2.05. The molecule has 0 radical (unpaired) electrons. The quantitative estimate of drug-likeness (QED) is 0.764. The first-order valence-electron chi connectivity index (χ1n) is 10.1. The summed E-state index contributed by atoms with van der Waals surface area (Å²) in [5, 5.41) is 0.323. The summed E-state index contributed by atoms with van der Waals surface area (Å²) >= 11 is 1.36. The first-order valence-corrected chi connectivity index (χ1v) is 11.0. The van der Waals surface area contributed by atoms with Crippen LogP contribution in [0.25, 0.3) is 0 Å². The Kier molecular flexibility index (Phi) is 6.28. The molecule has 1 saturated heterocycles. The van der Waals surface area contributed by atoms with E-state index in [2.05, 4.69) is 17.9 Å². The van der Waals surface area contributed by atoms with Gasteiger partial charge in [-0.3, -0.25) is 4.79 Å². The third kappa shape index (κ3) is 4.78. The summed E-state index contributed by atoms with van der Waals surface area (Å²) in [6.45, 7) is 10.2. The van der Waals surface area contributed by atoms with E-state index in [9.17, 15) is 9.59 Å². The Balaban J connectivity index is 1.76. The maximum atomic E-state index is 12.3. The van der Waals surface area contributed by atoms with Gasteiger partial charge in [0, 0.05) is 31.7 Å². The molecule has 1 fully saturated rings. The lowest BCUT2D eigenvalue weighted by Crippen LogP contribution is -2.50. The number of pyridine rings is 1. The Bertz CT molecular complexity index is 787. The van der Waals surface area contributed by atoms with Crippen molar-refractivity contribution in [3.8, 4) is 0 Å². The van der Waals surface area contributed by atoms with Gasteiger partial charge in [0.1, 0.15) is 21.7 Å². The zero-order valence-corrected chi connectivity index (χ0v) is 18.4. The van der Waals surface area contributed by atoms with Crippen LogP contribution in [-0.4, -0.2) is 58.9 Å². The Labute approximate surface area is 176 Å². The van der Waals surface area contributed by atoms with Gasteiger partial charge >= 0.3 is 6.09 Å². The fraction of sp³-hybridized carbons (Fsp3) is 0.650. The van der Waals surface area contributed by atoms with Crippen LogP contribution in [0.3, 0.4) is 0 Å². The Morgan fingerprint density at radius 1 is 1.28 bits per heavy atom. The van der Waals surface area contributed by atoms with Crippen molar-refractivity contribution in [2.45, 2.75) is 62.5 Å². The van der Waals surface area contributed by atoms with Gasteiger partial charge in [-0.1, -0.05) is 25.1 Å². The number of primary amides is 1. The average Bonchev–Trinajstić information content (AvgIpc) is 2.98. The van der Waals surface area contributed by atoms with Crippen molar-refractivity contribution in [3.05, 3.63) is 17.2 Å². The SMILES string of the molecule is CCCc1cc(N2CCN(C(=O)OC(C)(C)C)CC2)nc2c1C(N)C(C(N)=O)S2. The van der Waals surface area contributed by atoms with E-state index in [0.29, 0.717) is 26.2 Å². The molecule has 3 heterocycles. The second-order valence-electron chi connectivity index (χ2n) is 8.53. The third-order valence-electron chi connectivity index (χ3n) is 5.05. The van der Waals surface area contributed by atoms with E-state index in [1.54, 1.807) is 4.90 Å². The average molecular weight is 422 g/mol. The van der Waals surface area contributed by atoms with Crippen LogP contribution in [-0.2, 0) is 16.0 Å². The molecule has 1 aromatic rings.